The van der Waals surface area contributed by atoms with E-state index in [1.165, 1.54) is 0 Å². The minimum absolute atomic E-state index is 0.118. The predicted octanol–water partition coefficient (Wildman–Crippen LogP) is 1.75. The molecule has 15 heavy (non-hydrogen) atoms. The molecule has 0 atom stereocenters. The fraction of sp³-hybridized carbons (Fsp3) is 0.111. The van der Waals surface area contributed by atoms with Crippen LogP contribution in [-0.4, -0.2) is 17.3 Å². The van der Waals surface area contributed by atoms with Gasteiger partial charge in [-0.05, 0) is 12.1 Å². The fourth-order valence-electron chi connectivity index (χ4n) is 0.916. The van der Waals surface area contributed by atoms with Crippen molar-refractivity contribution >= 4 is 17.8 Å². The summed E-state index contributed by atoms with van der Waals surface area (Å²) in [6.07, 6.45) is 0.768. The Kier molecular flexibility index (Phi) is 3.73. The molecule has 0 saturated heterocycles. The number of hydrogen-bond donors (Lipinski definition) is 2. The summed E-state index contributed by atoms with van der Waals surface area (Å²) in [7, 11) is 0. The first-order valence-electron chi connectivity index (χ1n) is 4.04. The van der Waals surface area contributed by atoms with Gasteiger partial charge in [0.25, 0.3) is 0 Å². The molecule has 0 aliphatic rings. The number of carbonyl (C=O) groups excluding carboxylic acids is 1. The highest BCUT2D eigenvalue weighted by Gasteiger charge is 2.06. The monoisotopic (exact) mass is 214 g/mol. The summed E-state index contributed by atoms with van der Waals surface area (Å²) in [6.45, 7) is 0. The highest BCUT2D eigenvalue weighted by atomic mass is 19.1. The molecular formula is C9H8F2N2O2. The summed E-state index contributed by atoms with van der Waals surface area (Å²) >= 11 is 0. The van der Waals surface area contributed by atoms with Crippen molar-refractivity contribution in [2.24, 2.45) is 5.16 Å². The van der Waals surface area contributed by atoms with E-state index in [4.69, 9.17) is 5.21 Å². The van der Waals surface area contributed by atoms with Gasteiger partial charge in [-0.3, -0.25) is 4.79 Å². The molecule has 0 spiro atoms. The van der Waals surface area contributed by atoms with Gasteiger partial charge in [-0.1, -0.05) is 0 Å². The summed E-state index contributed by atoms with van der Waals surface area (Å²) in [5, 5.41) is 12.8. The standard InChI is InChI=1S/C9H8F2N2O2/c10-6-1-2-8(7(11)5-6)13-9(14)3-4-12-15/h1-2,4-5,15H,3H2,(H,13,14). The third-order valence-corrected chi connectivity index (χ3v) is 1.56. The molecule has 0 saturated carbocycles. The normalized spacial score (nSPS) is 10.5. The van der Waals surface area contributed by atoms with Crippen molar-refractivity contribution in [2.45, 2.75) is 6.42 Å². The maximum atomic E-state index is 13.0. The van der Waals surface area contributed by atoms with Crippen LogP contribution < -0.4 is 5.32 Å². The van der Waals surface area contributed by atoms with E-state index in [0.717, 1.165) is 18.3 Å². The van der Waals surface area contributed by atoms with E-state index < -0.39 is 17.5 Å². The van der Waals surface area contributed by atoms with Crippen molar-refractivity contribution < 1.29 is 18.8 Å². The minimum atomic E-state index is -0.857. The van der Waals surface area contributed by atoms with Gasteiger partial charge in [0, 0.05) is 6.07 Å². The zero-order valence-corrected chi connectivity index (χ0v) is 7.58. The van der Waals surface area contributed by atoms with Crippen LogP contribution in [0.2, 0.25) is 0 Å². The van der Waals surface area contributed by atoms with Gasteiger partial charge < -0.3 is 10.5 Å². The summed E-state index contributed by atoms with van der Waals surface area (Å²) in [5.41, 5.74) is -0.118. The number of hydrogen-bond acceptors (Lipinski definition) is 3. The maximum absolute atomic E-state index is 13.0. The first kappa shape index (κ1) is 11.1. The predicted molar refractivity (Wildman–Crippen MR) is 49.9 cm³/mol. The Morgan fingerprint density at radius 3 is 2.87 bits per heavy atom. The van der Waals surface area contributed by atoms with Gasteiger partial charge >= 0.3 is 0 Å². The van der Waals surface area contributed by atoms with Crippen LogP contribution >= 0.6 is 0 Å². The molecule has 4 nitrogen and oxygen atoms in total. The molecule has 0 radical (unpaired) electrons. The second kappa shape index (κ2) is 5.04. The molecule has 1 aromatic carbocycles. The quantitative estimate of drug-likeness (QED) is 0.457. The number of benzene rings is 1. The first-order chi connectivity index (χ1) is 7.13. The third kappa shape index (κ3) is 3.34. The van der Waals surface area contributed by atoms with Crippen LogP contribution in [0.1, 0.15) is 6.42 Å². The first-order valence-corrected chi connectivity index (χ1v) is 4.04. The summed E-state index contributed by atoms with van der Waals surface area (Å²) in [6, 6.07) is 2.80. The Balaban J connectivity index is 2.68. The SMILES string of the molecule is O=C(CC=NO)Nc1ccc(F)cc1F. The van der Waals surface area contributed by atoms with E-state index in [0.29, 0.717) is 6.07 Å². The molecule has 0 bridgehead atoms. The second-order valence-electron chi connectivity index (χ2n) is 2.67. The number of nitrogens with zero attached hydrogens (tertiary/aromatic N) is 1. The number of oxime groups is 1. The van der Waals surface area contributed by atoms with Crippen LogP contribution in [0.4, 0.5) is 14.5 Å². The molecule has 0 heterocycles. The Morgan fingerprint density at radius 1 is 1.53 bits per heavy atom. The minimum Gasteiger partial charge on any atom is -0.411 e. The zero-order chi connectivity index (χ0) is 11.3. The molecule has 0 aliphatic heterocycles. The smallest absolute Gasteiger partial charge is 0.229 e. The number of carbonyl (C=O) groups is 1. The van der Waals surface area contributed by atoms with E-state index in [9.17, 15) is 13.6 Å². The number of rotatable bonds is 3. The van der Waals surface area contributed by atoms with Crippen LogP contribution in [0.5, 0.6) is 0 Å². The molecule has 0 unspecified atom stereocenters. The average molecular weight is 214 g/mol. The van der Waals surface area contributed by atoms with E-state index in [-0.39, 0.29) is 12.1 Å². The lowest BCUT2D eigenvalue weighted by Gasteiger charge is -2.04. The maximum Gasteiger partial charge on any atom is 0.229 e. The van der Waals surface area contributed by atoms with Gasteiger partial charge in [0.05, 0.1) is 18.3 Å². The zero-order valence-electron chi connectivity index (χ0n) is 7.58. The van der Waals surface area contributed by atoms with Gasteiger partial charge in [-0.15, -0.1) is 5.16 Å². The number of halogens is 2. The molecule has 0 fully saturated rings. The summed E-state index contributed by atoms with van der Waals surface area (Å²) in [4.78, 5) is 11.0. The van der Waals surface area contributed by atoms with Crippen LogP contribution in [-0.2, 0) is 4.79 Å². The van der Waals surface area contributed by atoms with Crippen molar-refractivity contribution in [3.05, 3.63) is 29.8 Å². The molecule has 1 amide bonds. The van der Waals surface area contributed by atoms with Crippen molar-refractivity contribution in [3.8, 4) is 0 Å². The van der Waals surface area contributed by atoms with Crippen molar-refractivity contribution in [2.75, 3.05) is 5.32 Å². The van der Waals surface area contributed by atoms with Crippen LogP contribution in [0.3, 0.4) is 0 Å². The van der Waals surface area contributed by atoms with Crippen molar-refractivity contribution in [3.63, 3.8) is 0 Å². The fourth-order valence-corrected chi connectivity index (χ4v) is 0.916. The third-order valence-electron chi connectivity index (χ3n) is 1.56. The average Bonchev–Trinajstić information content (AvgIpc) is 2.19. The molecule has 1 aromatic rings. The molecule has 6 heteroatoms. The lowest BCUT2D eigenvalue weighted by Crippen LogP contribution is -2.12. The summed E-state index contributed by atoms with van der Waals surface area (Å²) < 4.78 is 25.5. The molecular weight excluding hydrogens is 206 g/mol. The number of amides is 1. The van der Waals surface area contributed by atoms with Gasteiger partial charge in [0.2, 0.25) is 5.91 Å². The number of anilines is 1. The van der Waals surface area contributed by atoms with E-state index >= 15 is 0 Å². The van der Waals surface area contributed by atoms with Crippen LogP contribution in [0, 0.1) is 11.6 Å². The Hall–Kier alpha value is -1.98. The molecule has 80 valence electrons. The largest absolute Gasteiger partial charge is 0.411 e. The molecule has 1 rings (SSSR count). The second-order valence-corrected chi connectivity index (χ2v) is 2.67. The Bertz CT molecular complexity index is 394. The lowest BCUT2D eigenvalue weighted by molar-refractivity contribution is -0.115. The molecule has 0 aromatic heterocycles. The van der Waals surface area contributed by atoms with Crippen LogP contribution in [0.25, 0.3) is 0 Å². The molecule has 0 aliphatic carbocycles. The van der Waals surface area contributed by atoms with Gasteiger partial charge in [-0.25, -0.2) is 8.78 Å². The Morgan fingerprint density at radius 2 is 2.27 bits per heavy atom. The van der Waals surface area contributed by atoms with E-state index in [2.05, 4.69) is 10.5 Å². The lowest BCUT2D eigenvalue weighted by atomic mass is 10.3. The number of nitrogens with one attached hydrogen (secondary N) is 1. The van der Waals surface area contributed by atoms with Crippen molar-refractivity contribution in [1.29, 1.82) is 0 Å². The van der Waals surface area contributed by atoms with E-state index in [1.54, 1.807) is 0 Å². The summed E-state index contributed by atoms with van der Waals surface area (Å²) in [5.74, 6) is -2.13. The highest BCUT2D eigenvalue weighted by molar-refractivity contribution is 5.98. The Labute approximate surface area is 84.2 Å². The topological polar surface area (TPSA) is 61.7 Å². The van der Waals surface area contributed by atoms with E-state index in [1.807, 2.05) is 0 Å². The van der Waals surface area contributed by atoms with Gasteiger partial charge in [0.1, 0.15) is 11.6 Å². The molecule has 2 N–H and O–H groups in total. The highest BCUT2D eigenvalue weighted by Crippen LogP contribution is 2.14. The van der Waals surface area contributed by atoms with Gasteiger partial charge in [-0.2, -0.15) is 0 Å². The van der Waals surface area contributed by atoms with Crippen molar-refractivity contribution in [1.82, 2.24) is 0 Å². The van der Waals surface area contributed by atoms with Crippen LogP contribution in [0.15, 0.2) is 23.4 Å². The van der Waals surface area contributed by atoms with Gasteiger partial charge in [0.15, 0.2) is 0 Å².